The van der Waals surface area contributed by atoms with Gasteiger partial charge in [-0.25, -0.2) is 0 Å². The normalized spacial score (nSPS) is 11.4. The maximum absolute atomic E-state index is 6.30. The van der Waals surface area contributed by atoms with Gasteiger partial charge in [-0.05, 0) is 48.5 Å². The fraction of sp³-hybridized carbons (Fsp3) is 0.211. The fourth-order valence-corrected chi connectivity index (χ4v) is 4.74. The summed E-state index contributed by atoms with van der Waals surface area (Å²) < 4.78 is 39.1. The average molecular weight is 637 g/mol. The Hall–Kier alpha value is -5.70. The molecule has 0 N–H and O–H groups in total. The Morgan fingerprint density at radius 3 is 1.23 bits per heavy atom. The molecule has 0 unspecified atom stereocenters. The number of ether oxygens (including phenoxy) is 7. The molecule has 0 aromatic heterocycles. The molecule has 244 valence electrons. The van der Waals surface area contributed by atoms with Crippen LogP contribution < -0.4 is 33.2 Å². The molecule has 4 rings (SSSR count). The molecule has 0 spiro atoms. The number of allylic oxidation sites excluding steroid dienone is 2. The SMILES string of the molecule is COc1ccc(C=CCC=Nc2ccccc2Oc2ccccc2N=CCC=Cc2ccc(OC)c(OC)c2OC)c(OC)c1OC. The van der Waals surface area contributed by atoms with Crippen molar-refractivity contribution >= 4 is 36.0 Å². The highest BCUT2D eigenvalue weighted by Crippen LogP contribution is 2.41. The molecule has 0 radical (unpaired) electrons. The van der Waals surface area contributed by atoms with Crippen molar-refractivity contribution < 1.29 is 33.2 Å². The number of aliphatic imine (C=N–C) groups is 2. The van der Waals surface area contributed by atoms with Crippen molar-refractivity contribution in [3.8, 4) is 46.0 Å². The second-order valence-electron chi connectivity index (χ2n) is 9.78. The van der Waals surface area contributed by atoms with Crippen molar-refractivity contribution in [1.82, 2.24) is 0 Å². The third-order valence-electron chi connectivity index (χ3n) is 6.96. The molecule has 0 amide bonds. The number of hydrogen-bond donors (Lipinski definition) is 0. The van der Waals surface area contributed by atoms with Gasteiger partial charge in [0, 0.05) is 36.4 Å². The zero-order valence-corrected chi connectivity index (χ0v) is 27.6. The molecular weight excluding hydrogens is 596 g/mol. The minimum absolute atomic E-state index is 0.549. The predicted octanol–water partition coefficient (Wildman–Crippen LogP) is 9.14. The van der Waals surface area contributed by atoms with Gasteiger partial charge in [0.25, 0.3) is 0 Å². The standard InChI is InChI=1S/C38H40N2O7/c1-41-33-23-21-27(35(43-3)37(33)45-5)15-11-13-25-39-29-17-7-9-19-31(29)47-32-20-10-8-18-30(32)40-26-14-12-16-28-22-24-34(42-2)38(46-6)36(28)44-4/h7-12,15-26H,13-14H2,1-6H3. The van der Waals surface area contributed by atoms with E-state index in [1.807, 2.05) is 110 Å². The van der Waals surface area contributed by atoms with Crippen LogP contribution in [0.5, 0.6) is 46.0 Å². The highest BCUT2D eigenvalue weighted by molar-refractivity contribution is 5.73. The van der Waals surface area contributed by atoms with Crippen LogP contribution in [0.2, 0.25) is 0 Å². The minimum atomic E-state index is 0.549. The van der Waals surface area contributed by atoms with Gasteiger partial charge < -0.3 is 33.2 Å². The summed E-state index contributed by atoms with van der Waals surface area (Å²) in [5.41, 5.74) is 3.15. The van der Waals surface area contributed by atoms with E-state index in [-0.39, 0.29) is 0 Å². The Balaban J connectivity index is 1.42. The first-order valence-electron chi connectivity index (χ1n) is 14.9. The zero-order valence-electron chi connectivity index (χ0n) is 27.6. The van der Waals surface area contributed by atoms with Crippen molar-refractivity contribution in [1.29, 1.82) is 0 Å². The van der Waals surface area contributed by atoms with Crippen LogP contribution in [0.4, 0.5) is 11.4 Å². The Morgan fingerprint density at radius 1 is 0.447 bits per heavy atom. The van der Waals surface area contributed by atoms with Gasteiger partial charge in [0.15, 0.2) is 34.5 Å². The van der Waals surface area contributed by atoms with E-state index < -0.39 is 0 Å². The highest BCUT2D eigenvalue weighted by atomic mass is 16.5. The molecule has 0 bridgehead atoms. The van der Waals surface area contributed by atoms with Gasteiger partial charge in [-0.3, -0.25) is 9.98 Å². The molecule has 9 heteroatoms. The molecule has 0 saturated carbocycles. The van der Waals surface area contributed by atoms with Crippen molar-refractivity contribution in [2.45, 2.75) is 12.8 Å². The van der Waals surface area contributed by atoms with Crippen LogP contribution in [0.1, 0.15) is 24.0 Å². The summed E-state index contributed by atoms with van der Waals surface area (Å²) in [6.45, 7) is 0. The summed E-state index contributed by atoms with van der Waals surface area (Å²) in [5.74, 6) is 4.77. The van der Waals surface area contributed by atoms with Crippen LogP contribution >= 0.6 is 0 Å². The summed E-state index contributed by atoms with van der Waals surface area (Å²) in [4.78, 5) is 9.34. The smallest absolute Gasteiger partial charge is 0.203 e. The largest absolute Gasteiger partial charge is 0.493 e. The van der Waals surface area contributed by atoms with Crippen LogP contribution in [0, 0.1) is 0 Å². The van der Waals surface area contributed by atoms with Gasteiger partial charge in [0.2, 0.25) is 11.5 Å². The first kappa shape index (κ1) is 34.2. The number of rotatable bonds is 16. The summed E-state index contributed by atoms with van der Waals surface area (Å²) in [7, 11) is 9.57. The Bertz CT molecular complexity index is 1620. The fourth-order valence-electron chi connectivity index (χ4n) is 4.74. The molecule has 0 fully saturated rings. The summed E-state index contributed by atoms with van der Waals surface area (Å²) in [6.07, 6.45) is 12.8. The van der Waals surface area contributed by atoms with Gasteiger partial charge in [-0.1, -0.05) is 48.6 Å². The molecule has 0 aliphatic carbocycles. The van der Waals surface area contributed by atoms with E-state index in [2.05, 4.69) is 9.98 Å². The Labute approximate surface area is 276 Å². The summed E-state index contributed by atoms with van der Waals surface area (Å²) >= 11 is 0. The second kappa shape index (κ2) is 17.7. The van der Waals surface area contributed by atoms with Crippen LogP contribution in [0.25, 0.3) is 12.2 Å². The molecule has 0 saturated heterocycles. The third-order valence-corrected chi connectivity index (χ3v) is 6.96. The van der Waals surface area contributed by atoms with E-state index in [1.54, 1.807) is 42.7 Å². The monoisotopic (exact) mass is 636 g/mol. The average Bonchev–Trinajstić information content (AvgIpc) is 3.11. The first-order valence-corrected chi connectivity index (χ1v) is 14.9. The molecular formula is C38H40N2O7. The molecule has 0 aliphatic heterocycles. The van der Waals surface area contributed by atoms with Gasteiger partial charge in [-0.2, -0.15) is 0 Å². The Kier molecular flexibility index (Phi) is 12.9. The quantitative estimate of drug-likeness (QED) is 0.113. The van der Waals surface area contributed by atoms with E-state index in [1.165, 1.54) is 0 Å². The van der Waals surface area contributed by atoms with E-state index in [9.17, 15) is 0 Å². The van der Waals surface area contributed by atoms with Crippen LogP contribution in [-0.2, 0) is 0 Å². The zero-order chi connectivity index (χ0) is 33.4. The predicted molar refractivity (Wildman–Crippen MR) is 189 cm³/mol. The molecule has 0 aliphatic rings. The third kappa shape index (κ3) is 8.73. The van der Waals surface area contributed by atoms with E-state index >= 15 is 0 Å². The maximum atomic E-state index is 6.30. The van der Waals surface area contributed by atoms with E-state index in [4.69, 9.17) is 33.2 Å². The summed E-state index contributed by atoms with van der Waals surface area (Å²) in [6, 6.07) is 22.8. The van der Waals surface area contributed by atoms with Crippen LogP contribution in [0.3, 0.4) is 0 Å². The molecule has 0 heterocycles. The Morgan fingerprint density at radius 2 is 0.851 bits per heavy atom. The minimum Gasteiger partial charge on any atom is -0.493 e. The lowest BCUT2D eigenvalue weighted by Crippen LogP contribution is -1.96. The van der Waals surface area contributed by atoms with Gasteiger partial charge in [0.1, 0.15) is 11.4 Å². The number of nitrogens with zero attached hydrogens (tertiary/aromatic N) is 2. The molecule has 9 nitrogen and oxygen atoms in total. The molecule has 47 heavy (non-hydrogen) atoms. The lowest BCUT2D eigenvalue weighted by atomic mass is 10.1. The van der Waals surface area contributed by atoms with Crippen molar-refractivity contribution in [3.63, 3.8) is 0 Å². The van der Waals surface area contributed by atoms with Gasteiger partial charge in [-0.15, -0.1) is 0 Å². The second-order valence-corrected chi connectivity index (χ2v) is 9.78. The lowest BCUT2D eigenvalue weighted by Gasteiger charge is -2.13. The number of methoxy groups -OCH3 is 6. The maximum Gasteiger partial charge on any atom is 0.203 e. The van der Waals surface area contributed by atoms with Gasteiger partial charge in [0.05, 0.1) is 42.7 Å². The van der Waals surface area contributed by atoms with Gasteiger partial charge >= 0.3 is 0 Å². The van der Waals surface area contributed by atoms with Crippen molar-refractivity contribution in [3.05, 3.63) is 96.1 Å². The van der Waals surface area contributed by atoms with Crippen molar-refractivity contribution in [2.24, 2.45) is 9.98 Å². The number of hydrogen-bond acceptors (Lipinski definition) is 9. The first-order chi connectivity index (χ1) is 23.1. The summed E-state index contributed by atoms with van der Waals surface area (Å²) in [5, 5.41) is 0. The molecule has 4 aromatic rings. The van der Waals surface area contributed by atoms with E-state index in [0.717, 1.165) is 11.1 Å². The van der Waals surface area contributed by atoms with Crippen LogP contribution in [-0.4, -0.2) is 55.1 Å². The van der Waals surface area contributed by atoms with E-state index in [0.29, 0.717) is 70.2 Å². The highest BCUT2D eigenvalue weighted by Gasteiger charge is 2.15. The number of benzene rings is 4. The number of para-hydroxylation sites is 4. The molecule has 0 atom stereocenters. The topological polar surface area (TPSA) is 89.3 Å². The van der Waals surface area contributed by atoms with Crippen molar-refractivity contribution in [2.75, 3.05) is 42.7 Å². The van der Waals surface area contributed by atoms with Crippen LogP contribution in [0.15, 0.2) is 94.9 Å². The molecule has 4 aromatic carbocycles. The lowest BCUT2D eigenvalue weighted by molar-refractivity contribution is 0.324.